The summed E-state index contributed by atoms with van der Waals surface area (Å²) in [6.45, 7) is 14.8. The van der Waals surface area contributed by atoms with Crippen molar-refractivity contribution < 1.29 is 14.9 Å². The van der Waals surface area contributed by atoms with Gasteiger partial charge in [0.05, 0.1) is 24.4 Å². The van der Waals surface area contributed by atoms with E-state index in [2.05, 4.69) is 27.7 Å². The van der Waals surface area contributed by atoms with Crippen LogP contribution in [0.3, 0.4) is 0 Å². The fraction of sp³-hybridized carbons (Fsp3) is 1.00. The van der Waals surface area contributed by atoms with Crippen molar-refractivity contribution >= 4 is 0 Å². The molecule has 0 unspecified atom stereocenters. The monoisotopic (exact) mass is 458 g/mol. The van der Waals surface area contributed by atoms with Crippen LogP contribution in [-0.4, -0.2) is 34.6 Å². The molecule has 1 aliphatic heterocycles. The number of fused-ring (bicyclic) bond motifs is 2. The average molecular weight is 459 g/mol. The third-order valence-electron chi connectivity index (χ3n) is 13.8. The maximum atomic E-state index is 10.9. The molecule has 5 saturated carbocycles. The van der Waals surface area contributed by atoms with Gasteiger partial charge in [0.2, 0.25) is 0 Å². The summed E-state index contributed by atoms with van der Waals surface area (Å²) in [5.74, 6) is 3.04. The molecule has 6 fully saturated rings. The molecule has 0 radical (unpaired) electrons. The topological polar surface area (TPSA) is 49.7 Å². The Bertz CT molecular complexity index is 806. The van der Waals surface area contributed by atoms with Crippen LogP contribution in [0, 0.1) is 50.7 Å². The van der Waals surface area contributed by atoms with Crippen molar-refractivity contribution in [2.24, 2.45) is 50.7 Å². The van der Waals surface area contributed by atoms with Gasteiger partial charge in [0, 0.05) is 0 Å². The van der Waals surface area contributed by atoms with Gasteiger partial charge >= 0.3 is 0 Å². The molecular weight excluding hydrogens is 408 g/mol. The van der Waals surface area contributed by atoms with Gasteiger partial charge in [-0.1, -0.05) is 27.7 Å². The lowest BCUT2D eigenvalue weighted by molar-refractivity contribution is -0.172. The first-order valence-corrected chi connectivity index (χ1v) is 14.3. The van der Waals surface area contributed by atoms with Crippen LogP contribution < -0.4 is 0 Å². The Labute approximate surface area is 202 Å². The molecule has 1 heterocycles. The van der Waals surface area contributed by atoms with Gasteiger partial charge in [-0.3, -0.25) is 0 Å². The summed E-state index contributed by atoms with van der Waals surface area (Å²) in [5, 5.41) is 21.3. The van der Waals surface area contributed by atoms with Crippen LogP contribution in [0.5, 0.6) is 0 Å². The summed E-state index contributed by atoms with van der Waals surface area (Å²) in [6, 6.07) is 0. The summed E-state index contributed by atoms with van der Waals surface area (Å²) < 4.78 is 6.29. The third-order valence-corrected chi connectivity index (χ3v) is 13.8. The zero-order valence-corrected chi connectivity index (χ0v) is 22.3. The zero-order valence-electron chi connectivity index (χ0n) is 22.3. The number of aliphatic hydroxyl groups is 2. The predicted octanol–water partition coefficient (Wildman–Crippen LogP) is 6.35. The molecule has 3 nitrogen and oxygen atoms in total. The van der Waals surface area contributed by atoms with E-state index in [0.29, 0.717) is 27.6 Å². The number of rotatable bonds is 2. The van der Waals surface area contributed by atoms with Crippen LogP contribution in [0.4, 0.5) is 0 Å². The Kier molecular flexibility index (Phi) is 4.80. The van der Waals surface area contributed by atoms with Gasteiger partial charge in [-0.25, -0.2) is 0 Å². The van der Waals surface area contributed by atoms with Crippen LogP contribution >= 0.6 is 0 Å². The quantitative estimate of drug-likeness (QED) is 0.507. The van der Waals surface area contributed by atoms with E-state index >= 15 is 0 Å². The van der Waals surface area contributed by atoms with Gasteiger partial charge in [-0.15, -0.1) is 0 Å². The van der Waals surface area contributed by atoms with E-state index < -0.39 is 5.60 Å². The minimum Gasteiger partial charge on any atom is -0.393 e. The van der Waals surface area contributed by atoms with Crippen molar-refractivity contribution in [3.8, 4) is 0 Å². The van der Waals surface area contributed by atoms with Gasteiger partial charge in [0.25, 0.3) is 0 Å². The van der Waals surface area contributed by atoms with E-state index in [9.17, 15) is 10.2 Å². The summed E-state index contributed by atoms with van der Waals surface area (Å²) in [4.78, 5) is 0. The van der Waals surface area contributed by atoms with Crippen molar-refractivity contribution in [3.63, 3.8) is 0 Å². The van der Waals surface area contributed by atoms with E-state index in [4.69, 9.17) is 4.74 Å². The first kappa shape index (κ1) is 23.3. The molecule has 2 spiro atoms. The van der Waals surface area contributed by atoms with Gasteiger partial charge < -0.3 is 14.9 Å². The van der Waals surface area contributed by atoms with Crippen LogP contribution in [-0.2, 0) is 4.74 Å². The zero-order chi connectivity index (χ0) is 23.7. The molecule has 0 aromatic heterocycles. The van der Waals surface area contributed by atoms with Crippen LogP contribution in [0.25, 0.3) is 0 Å². The molecule has 188 valence electrons. The lowest BCUT2D eigenvalue weighted by Crippen LogP contribution is -2.58. The van der Waals surface area contributed by atoms with Crippen LogP contribution in [0.15, 0.2) is 0 Å². The summed E-state index contributed by atoms with van der Waals surface area (Å²) in [7, 11) is 0. The molecule has 0 amide bonds. The summed E-state index contributed by atoms with van der Waals surface area (Å²) in [6.07, 6.45) is 14.2. The van der Waals surface area contributed by atoms with E-state index in [0.717, 1.165) is 37.2 Å². The molecule has 0 aromatic rings. The maximum Gasteiger partial charge on any atom is 0.0856 e. The lowest BCUT2D eigenvalue weighted by Gasteiger charge is -2.63. The Hall–Kier alpha value is -0.120. The first-order chi connectivity index (χ1) is 15.3. The Morgan fingerprint density at radius 2 is 1.45 bits per heavy atom. The highest BCUT2D eigenvalue weighted by Gasteiger charge is 2.82. The molecule has 3 heteroatoms. The van der Waals surface area contributed by atoms with E-state index in [-0.39, 0.29) is 17.6 Å². The second-order valence-corrected chi connectivity index (χ2v) is 15.3. The van der Waals surface area contributed by atoms with Gasteiger partial charge in [0.1, 0.15) is 0 Å². The number of aliphatic hydroxyl groups excluding tert-OH is 1. The van der Waals surface area contributed by atoms with Crippen molar-refractivity contribution in [1.29, 1.82) is 0 Å². The molecule has 0 aromatic carbocycles. The maximum absolute atomic E-state index is 10.9. The summed E-state index contributed by atoms with van der Waals surface area (Å²) in [5.41, 5.74) is 1.36. The molecule has 10 atom stereocenters. The number of hydrogen-bond donors (Lipinski definition) is 2. The number of hydrogen-bond acceptors (Lipinski definition) is 3. The average Bonchev–Trinajstić information content (AvgIpc) is 3.33. The Morgan fingerprint density at radius 1 is 0.758 bits per heavy atom. The molecule has 5 aliphatic carbocycles. The molecule has 6 rings (SSSR count). The fourth-order valence-electron chi connectivity index (χ4n) is 11.8. The molecule has 1 saturated heterocycles. The van der Waals surface area contributed by atoms with Crippen LogP contribution in [0.1, 0.15) is 112 Å². The van der Waals surface area contributed by atoms with E-state index in [1.807, 2.05) is 13.8 Å². The van der Waals surface area contributed by atoms with E-state index in [1.54, 1.807) is 0 Å². The third kappa shape index (κ3) is 2.74. The standard InChI is InChI=1S/C30H50O3/c1-25(2)21-8-9-22-28(6)13-11-20(19-7-10-24(33-17-19)26(3,4)32)27(28,5)15-16-30(22)18-29(21,30)14-12-23(25)31/h19-24,31-32H,7-18H2,1-6H3/t19-,20+,21-,22-,23-,24-,27+,28-,29+,30-/m0/s1. The molecule has 0 bridgehead atoms. The van der Waals surface area contributed by atoms with Crippen molar-refractivity contribution in [2.45, 2.75) is 130 Å². The smallest absolute Gasteiger partial charge is 0.0856 e. The fourth-order valence-corrected chi connectivity index (χ4v) is 11.8. The molecular formula is C30H50O3. The Balaban J connectivity index is 1.25. The van der Waals surface area contributed by atoms with Gasteiger partial charge in [0.15, 0.2) is 0 Å². The number of ether oxygens (including phenoxy) is 1. The van der Waals surface area contributed by atoms with Crippen molar-refractivity contribution in [3.05, 3.63) is 0 Å². The molecule has 6 aliphatic rings. The minimum absolute atomic E-state index is 0.00410. The highest BCUT2D eigenvalue weighted by atomic mass is 16.5. The minimum atomic E-state index is -0.726. The highest BCUT2D eigenvalue weighted by Crippen LogP contribution is 2.89. The largest absolute Gasteiger partial charge is 0.393 e. The van der Waals surface area contributed by atoms with Gasteiger partial charge in [-0.05, 0) is 135 Å². The molecule has 33 heavy (non-hydrogen) atoms. The Morgan fingerprint density at radius 3 is 2.12 bits per heavy atom. The second-order valence-electron chi connectivity index (χ2n) is 15.3. The normalized spacial score (nSPS) is 57.5. The first-order valence-electron chi connectivity index (χ1n) is 14.3. The van der Waals surface area contributed by atoms with Crippen molar-refractivity contribution in [2.75, 3.05) is 6.61 Å². The summed E-state index contributed by atoms with van der Waals surface area (Å²) >= 11 is 0. The van der Waals surface area contributed by atoms with E-state index in [1.165, 1.54) is 57.8 Å². The predicted molar refractivity (Wildman–Crippen MR) is 132 cm³/mol. The highest BCUT2D eigenvalue weighted by molar-refractivity contribution is 5.30. The second kappa shape index (κ2) is 6.80. The SMILES string of the molecule is CC(C)(O)[C@@H]1CC[C@H]([C@H]2CC[C@@]3(C)[C@@H]4CC[C@H]5C(C)(C)[C@@H](O)CC[C@@]56C[C@@]46CC[C@]23C)CO1. The molecule has 2 N–H and O–H groups in total. The lowest BCUT2D eigenvalue weighted by atomic mass is 9.41. The van der Waals surface area contributed by atoms with Crippen LogP contribution in [0.2, 0.25) is 0 Å². The van der Waals surface area contributed by atoms with Crippen molar-refractivity contribution in [1.82, 2.24) is 0 Å². The van der Waals surface area contributed by atoms with Gasteiger partial charge in [-0.2, -0.15) is 0 Å².